The summed E-state index contributed by atoms with van der Waals surface area (Å²) in [5.41, 5.74) is 1.04. The Labute approximate surface area is 131 Å². The fourth-order valence-electron chi connectivity index (χ4n) is 2.43. The van der Waals surface area contributed by atoms with Crippen LogP contribution in [0.1, 0.15) is 61.2 Å². The van der Waals surface area contributed by atoms with E-state index in [-0.39, 0.29) is 18.1 Å². The topological polar surface area (TPSA) is 45.2 Å². The summed E-state index contributed by atoms with van der Waals surface area (Å²) in [5.74, 6) is 0.429. The van der Waals surface area contributed by atoms with Crippen LogP contribution >= 0.6 is 11.3 Å². The first-order valence-corrected chi connectivity index (χ1v) is 8.37. The number of nitrogens with zero attached hydrogens (tertiary/aromatic N) is 2. The standard InChI is InChI=1S/C16H25N3OS/c1-10(2)15-17-11(3)14(21-15)12(4)19(5)16(20)18-13-8-6-7-9-13/h6-7,10,12-13H,8-9H2,1-5H3,(H,18,20). The van der Waals surface area contributed by atoms with E-state index in [1.54, 1.807) is 16.2 Å². The monoisotopic (exact) mass is 307 g/mol. The molecule has 1 N–H and O–H groups in total. The van der Waals surface area contributed by atoms with Gasteiger partial charge in [0.25, 0.3) is 0 Å². The number of carbonyl (C=O) groups is 1. The first-order chi connectivity index (χ1) is 9.90. The average Bonchev–Trinajstić information content (AvgIpc) is 3.06. The van der Waals surface area contributed by atoms with Gasteiger partial charge in [-0.15, -0.1) is 11.3 Å². The van der Waals surface area contributed by atoms with E-state index in [0.29, 0.717) is 5.92 Å². The molecule has 116 valence electrons. The molecule has 1 heterocycles. The number of thiazole rings is 1. The van der Waals surface area contributed by atoms with E-state index in [4.69, 9.17) is 0 Å². The highest BCUT2D eigenvalue weighted by molar-refractivity contribution is 7.11. The van der Waals surface area contributed by atoms with Gasteiger partial charge in [0.1, 0.15) is 0 Å². The van der Waals surface area contributed by atoms with Gasteiger partial charge in [0.2, 0.25) is 0 Å². The lowest BCUT2D eigenvalue weighted by Crippen LogP contribution is -2.43. The number of urea groups is 1. The number of rotatable bonds is 4. The summed E-state index contributed by atoms with van der Waals surface area (Å²) in [7, 11) is 1.86. The second-order valence-corrected chi connectivity index (χ2v) is 7.09. The predicted octanol–water partition coefficient (Wildman–Crippen LogP) is 4.00. The molecule has 0 radical (unpaired) electrons. The Morgan fingerprint density at radius 2 is 2.00 bits per heavy atom. The van der Waals surface area contributed by atoms with Crippen molar-refractivity contribution in [1.29, 1.82) is 0 Å². The molecule has 0 saturated heterocycles. The normalized spacial score (nSPS) is 16.5. The van der Waals surface area contributed by atoms with Gasteiger partial charge in [-0.25, -0.2) is 9.78 Å². The van der Waals surface area contributed by atoms with E-state index >= 15 is 0 Å². The first-order valence-electron chi connectivity index (χ1n) is 7.55. The van der Waals surface area contributed by atoms with Crippen molar-refractivity contribution < 1.29 is 4.79 Å². The minimum Gasteiger partial charge on any atom is -0.335 e. The smallest absolute Gasteiger partial charge is 0.317 e. The van der Waals surface area contributed by atoms with E-state index < -0.39 is 0 Å². The Balaban J connectivity index is 2.04. The van der Waals surface area contributed by atoms with Gasteiger partial charge in [0.05, 0.1) is 16.7 Å². The van der Waals surface area contributed by atoms with Crippen molar-refractivity contribution in [2.24, 2.45) is 0 Å². The number of hydrogen-bond donors (Lipinski definition) is 1. The van der Waals surface area contributed by atoms with Crippen LogP contribution in [0.15, 0.2) is 12.2 Å². The minimum atomic E-state index is -0.00454. The number of amides is 2. The summed E-state index contributed by atoms with van der Waals surface area (Å²) in [6.07, 6.45) is 6.11. The van der Waals surface area contributed by atoms with Crippen molar-refractivity contribution in [3.8, 4) is 0 Å². The lowest BCUT2D eigenvalue weighted by atomic mass is 10.2. The summed E-state index contributed by atoms with van der Waals surface area (Å²) in [6, 6.07) is 0.292. The summed E-state index contributed by atoms with van der Waals surface area (Å²) < 4.78 is 0. The fourth-order valence-corrected chi connectivity index (χ4v) is 3.59. The SMILES string of the molecule is Cc1nc(C(C)C)sc1C(C)N(C)C(=O)NC1CC=CC1. The van der Waals surface area contributed by atoms with Gasteiger partial charge in [-0.05, 0) is 26.7 Å². The highest BCUT2D eigenvalue weighted by atomic mass is 32.1. The van der Waals surface area contributed by atoms with E-state index in [1.807, 2.05) is 14.0 Å². The predicted molar refractivity (Wildman–Crippen MR) is 87.8 cm³/mol. The van der Waals surface area contributed by atoms with Crippen LogP contribution in [0, 0.1) is 6.92 Å². The van der Waals surface area contributed by atoms with Crippen LogP contribution < -0.4 is 5.32 Å². The number of aryl methyl sites for hydroxylation is 1. The second kappa shape index (κ2) is 6.60. The maximum absolute atomic E-state index is 12.3. The maximum Gasteiger partial charge on any atom is 0.317 e. The maximum atomic E-state index is 12.3. The molecule has 0 spiro atoms. The van der Waals surface area contributed by atoms with Crippen molar-refractivity contribution >= 4 is 17.4 Å². The van der Waals surface area contributed by atoms with E-state index in [0.717, 1.165) is 23.5 Å². The molecule has 1 atom stereocenters. The lowest BCUT2D eigenvalue weighted by molar-refractivity contribution is 0.191. The Kier molecular flexibility index (Phi) is 5.04. The van der Waals surface area contributed by atoms with Gasteiger partial charge < -0.3 is 10.2 Å². The van der Waals surface area contributed by atoms with Crippen molar-refractivity contribution in [2.45, 2.75) is 58.5 Å². The highest BCUT2D eigenvalue weighted by Gasteiger charge is 2.24. The average molecular weight is 307 g/mol. The molecule has 4 nitrogen and oxygen atoms in total. The van der Waals surface area contributed by atoms with Crippen LogP contribution in [0.5, 0.6) is 0 Å². The molecule has 1 aromatic heterocycles. The van der Waals surface area contributed by atoms with Crippen LogP contribution in [-0.4, -0.2) is 29.0 Å². The van der Waals surface area contributed by atoms with Gasteiger partial charge >= 0.3 is 6.03 Å². The van der Waals surface area contributed by atoms with Crippen molar-refractivity contribution in [3.05, 3.63) is 27.7 Å². The summed E-state index contributed by atoms with van der Waals surface area (Å²) in [5, 5.41) is 4.23. The molecule has 21 heavy (non-hydrogen) atoms. The van der Waals surface area contributed by atoms with E-state index in [1.165, 1.54) is 4.88 Å². The third-order valence-electron chi connectivity index (χ3n) is 3.96. The van der Waals surface area contributed by atoms with E-state index in [2.05, 4.69) is 43.2 Å². The molecule has 1 aliphatic carbocycles. The molecule has 2 rings (SSSR count). The van der Waals surface area contributed by atoms with Gasteiger partial charge in [0.15, 0.2) is 0 Å². The summed E-state index contributed by atoms with van der Waals surface area (Å²) >= 11 is 1.72. The second-order valence-electron chi connectivity index (χ2n) is 6.03. The number of aromatic nitrogens is 1. The molecule has 0 aliphatic heterocycles. The summed E-state index contributed by atoms with van der Waals surface area (Å²) in [4.78, 5) is 19.9. The zero-order valence-electron chi connectivity index (χ0n) is 13.5. The molecular weight excluding hydrogens is 282 g/mol. The van der Waals surface area contributed by atoms with Crippen LogP contribution in [0.25, 0.3) is 0 Å². The molecule has 1 aromatic rings. The Morgan fingerprint density at radius 3 is 2.52 bits per heavy atom. The minimum absolute atomic E-state index is 0.00454. The van der Waals surface area contributed by atoms with Crippen molar-refractivity contribution in [2.75, 3.05) is 7.05 Å². The molecule has 2 amide bonds. The third kappa shape index (κ3) is 3.64. The highest BCUT2D eigenvalue weighted by Crippen LogP contribution is 2.31. The fraction of sp³-hybridized carbons (Fsp3) is 0.625. The molecule has 0 fully saturated rings. The number of hydrogen-bond acceptors (Lipinski definition) is 3. The Morgan fingerprint density at radius 1 is 1.38 bits per heavy atom. The van der Waals surface area contributed by atoms with Crippen LogP contribution in [0.2, 0.25) is 0 Å². The molecule has 0 saturated carbocycles. The molecule has 0 bridgehead atoms. The number of nitrogens with one attached hydrogen (secondary N) is 1. The molecule has 1 unspecified atom stereocenters. The Bertz CT molecular complexity index is 528. The zero-order chi connectivity index (χ0) is 15.6. The summed E-state index contributed by atoms with van der Waals surface area (Å²) in [6.45, 7) is 8.39. The van der Waals surface area contributed by atoms with Gasteiger partial charge in [-0.2, -0.15) is 0 Å². The van der Waals surface area contributed by atoms with Crippen molar-refractivity contribution in [3.63, 3.8) is 0 Å². The lowest BCUT2D eigenvalue weighted by Gasteiger charge is -2.26. The van der Waals surface area contributed by atoms with Crippen molar-refractivity contribution in [1.82, 2.24) is 15.2 Å². The molecule has 0 aromatic carbocycles. The van der Waals surface area contributed by atoms with Crippen LogP contribution in [-0.2, 0) is 0 Å². The van der Waals surface area contributed by atoms with Gasteiger partial charge in [0, 0.05) is 23.9 Å². The molecule has 5 heteroatoms. The molecular formula is C16H25N3OS. The third-order valence-corrected chi connectivity index (χ3v) is 5.59. The van der Waals surface area contributed by atoms with E-state index in [9.17, 15) is 4.79 Å². The molecule has 1 aliphatic rings. The van der Waals surface area contributed by atoms with Gasteiger partial charge in [-0.3, -0.25) is 0 Å². The first kappa shape index (κ1) is 16.0. The largest absolute Gasteiger partial charge is 0.335 e. The number of carbonyl (C=O) groups excluding carboxylic acids is 1. The van der Waals surface area contributed by atoms with Crippen LogP contribution in [0.4, 0.5) is 4.79 Å². The van der Waals surface area contributed by atoms with Gasteiger partial charge in [-0.1, -0.05) is 26.0 Å². The Hall–Kier alpha value is -1.36. The van der Waals surface area contributed by atoms with Crippen LogP contribution in [0.3, 0.4) is 0 Å². The zero-order valence-corrected chi connectivity index (χ0v) is 14.3. The quantitative estimate of drug-likeness (QED) is 0.855.